The van der Waals surface area contributed by atoms with Crippen LogP contribution in [0.4, 0.5) is 14.6 Å². The highest BCUT2D eigenvalue weighted by Crippen LogP contribution is 2.27. The number of aromatic nitrogens is 6. The van der Waals surface area contributed by atoms with E-state index in [0.717, 1.165) is 10.6 Å². The van der Waals surface area contributed by atoms with Crippen LogP contribution < -0.4 is 21.9 Å². The van der Waals surface area contributed by atoms with E-state index >= 15 is 0 Å². The first-order chi connectivity index (χ1) is 33.8. The van der Waals surface area contributed by atoms with E-state index in [9.17, 15) is 45.7 Å². The van der Waals surface area contributed by atoms with Gasteiger partial charge in [0, 0.05) is 18.7 Å². The van der Waals surface area contributed by atoms with Crippen LogP contribution in [0.15, 0.2) is 145 Å². The molecule has 4 aromatic carbocycles. The first-order valence-electron chi connectivity index (χ1n) is 20.2. The molecule has 0 amide bonds. The molecule has 0 saturated heterocycles. The molecule has 0 aliphatic heterocycles. The lowest BCUT2D eigenvalue weighted by Crippen LogP contribution is -2.36. The summed E-state index contributed by atoms with van der Waals surface area (Å²) in [5, 5.41) is 48.7. The Morgan fingerprint density at radius 3 is 2.05 bits per heavy atom. The Morgan fingerprint density at radius 2 is 1.46 bits per heavy atom. The Bertz CT molecular complexity index is 3300. The highest BCUT2D eigenvalue weighted by Gasteiger charge is 2.30. The number of sulfone groups is 1. The fraction of sp³-hybridized carbons (Fsp3) is 0.250. The highest BCUT2D eigenvalue weighted by atomic mass is 79.9. The number of nitrogens with zero attached hydrogens (tertiary/aromatic N) is 9. The molecule has 30 heteroatoms. The van der Waals surface area contributed by atoms with Gasteiger partial charge in [0.1, 0.15) is 23.0 Å². The number of benzene rings is 4. The van der Waals surface area contributed by atoms with E-state index in [1.54, 1.807) is 60.7 Å². The number of sulfonamides is 1. The van der Waals surface area contributed by atoms with Gasteiger partial charge in [0.2, 0.25) is 11.8 Å². The molecule has 7 aromatic rings. The molecule has 7 N–H and O–H groups in total. The molecular formula is C44H51Br2F2N13O11S2. The maximum atomic E-state index is 13.4. The number of halogens is 4. The third-order valence-corrected chi connectivity index (χ3v) is 13.5. The van der Waals surface area contributed by atoms with Gasteiger partial charge in [0.05, 0.1) is 30.2 Å². The zero-order valence-corrected chi connectivity index (χ0v) is 41.2. The van der Waals surface area contributed by atoms with Gasteiger partial charge in [-0.15, -0.1) is 4.63 Å². The van der Waals surface area contributed by atoms with Crippen LogP contribution in [-0.4, -0.2) is 93.5 Å². The quantitative estimate of drug-likeness (QED) is 0.0139. The van der Waals surface area contributed by atoms with E-state index in [4.69, 9.17) is 21.5 Å². The Labute approximate surface area is 439 Å². The van der Waals surface area contributed by atoms with Crippen molar-refractivity contribution in [3.8, 4) is 17.2 Å². The average Bonchev–Trinajstić information content (AvgIpc) is 4.12. The van der Waals surface area contributed by atoms with Crippen LogP contribution in [0.25, 0.3) is 17.2 Å². The Hall–Kier alpha value is -7.41. The van der Waals surface area contributed by atoms with Crippen molar-refractivity contribution < 1.29 is 49.5 Å². The molecule has 0 atom stereocenters. The molecule has 24 nitrogen and oxygen atoms in total. The lowest BCUT2D eigenvalue weighted by atomic mass is 10.0. The molecule has 7 rings (SSSR count). The number of aliphatic imine (C=N–C) groups is 1. The number of hydrogen-bond acceptors (Lipinski definition) is 20. The fourth-order valence-corrected chi connectivity index (χ4v) is 9.01. The number of nitro groups is 1. The van der Waals surface area contributed by atoms with Crippen LogP contribution in [0, 0.1) is 27.2 Å². The first-order valence-corrected chi connectivity index (χ1v) is 25.0. The molecule has 3 aromatic heterocycles. The van der Waals surface area contributed by atoms with Gasteiger partial charge in [0.25, 0.3) is 15.7 Å². The van der Waals surface area contributed by atoms with Crippen molar-refractivity contribution >= 4 is 74.9 Å². The summed E-state index contributed by atoms with van der Waals surface area (Å²) in [7, 11) is -7.17. The Morgan fingerprint density at radius 1 is 0.851 bits per heavy atom. The minimum atomic E-state index is -3.81. The molecule has 0 saturated carbocycles. The summed E-state index contributed by atoms with van der Waals surface area (Å²) in [6, 6.07) is 24.1. The summed E-state index contributed by atoms with van der Waals surface area (Å²) in [5.41, 5.74) is 12.6. The minimum Gasteiger partial charge on any atom is -0.411 e. The minimum absolute atomic E-state index is 0. The van der Waals surface area contributed by atoms with Gasteiger partial charge in [-0.3, -0.25) is 9.52 Å². The fourth-order valence-electron chi connectivity index (χ4n) is 5.90. The number of nitrogens with two attached hydrogens (primary N) is 2. The number of hydrogen-bond donors (Lipinski definition) is 5. The lowest BCUT2D eigenvalue weighted by Gasteiger charge is -2.07. The molecular weight excluding hydrogens is 1150 g/mol. The van der Waals surface area contributed by atoms with Gasteiger partial charge >= 0.3 is 11.6 Å². The van der Waals surface area contributed by atoms with Crippen molar-refractivity contribution in [2.24, 2.45) is 21.6 Å². The molecule has 0 fully saturated rings. The molecule has 0 unspecified atom stereocenters. The van der Waals surface area contributed by atoms with Gasteiger partial charge < -0.3 is 32.2 Å². The molecule has 0 aliphatic carbocycles. The summed E-state index contributed by atoms with van der Waals surface area (Å²) in [4.78, 5) is 26.2. The number of rotatable bonds is 18. The van der Waals surface area contributed by atoms with E-state index in [2.05, 4.69) is 81.7 Å². The van der Waals surface area contributed by atoms with Crippen LogP contribution in [0.2, 0.25) is 0 Å². The first kappa shape index (κ1) is 62.7. The second-order valence-corrected chi connectivity index (χ2v) is 19.7. The van der Waals surface area contributed by atoms with Crippen molar-refractivity contribution in [1.29, 1.82) is 5.41 Å². The van der Waals surface area contributed by atoms with Crippen LogP contribution in [0.5, 0.6) is 0 Å². The van der Waals surface area contributed by atoms with Gasteiger partial charge in [-0.2, -0.15) is 0 Å². The molecule has 74 heavy (non-hydrogen) atoms. The number of aryl methyl sites for hydroxylation is 1. The summed E-state index contributed by atoms with van der Waals surface area (Å²) in [6.07, 6.45) is 2.07. The molecule has 0 spiro atoms. The molecule has 0 radical (unpaired) electrons. The van der Waals surface area contributed by atoms with Crippen LogP contribution in [0.1, 0.15) is 58.5 Å². The second-order valence-electron chi connectivity index (χ2n) is 14.3. The Balaban J connectivity index is 0.000000398. The molecule has 0 aliphatic rings. The monoisotopic (exact) mass is 1200 g/mol. The van der Waals surface area contributed by atoms with Crippen LogP contribution >= 0.6 is 31.9 Å². The zero-order chi connectivity index (χ0) is 51.7. The third-order valence-electron chi connectivity index (χ3n) is 9.22. The standard InChI is InChI=1S/C20H20BrFN6O4S.C11H16N2O2S.C10H3BrFN5O5.3CH4/c21-15-11-13(8-9-16(15)22)12-18(25-29)19-17(26-32-27-19)7-4-10-24-20(23)28-33(30,31)14-5-2-1-3-6-14;12-8-4-5-10(13)9-16(14,15)11-6-2-1-3-7-11;11-5-3-4(1-2-6(5)12)16-8(14-21-10(16)18)7-9(17(19)20)15-22-13-7;;;/h1-3,5-6,8-9,11,29H,4,7,10,12H2,(H3,23,24,28);1-3,6-7,13H,4-5,8-9,12H2;1-3H;3*1H4/b25-18+;;;;;. The largest absolute Gasteiger partial charge is 0.446 e. The normalized spacial score (nSPS) is 11.3. The summed E-state index contributed by atoms with van der Waals surface area (Å²) >= 11 is 6.09. The van der Waals surface area contributed by atoms with Crippen molar-refractivity contribution in [2.75, 3.05) is 18.8 Å². The van der Waals surface area contributed by atoms with Crippen LogP contribution in [0.3, 0.4) is 0 Å². The van der Waals surface area contributed by atoms with Gasteiger partial charge in [-0.1, -0.05) is 80.2 Å². The molecule has 398 valence electrons. The predicted molar refractivity (Wildman–Crippen MR) is 276 cm³/mol. The van der Waals surface area contributed by atoms with Gasteiger partial charge in [-0.25, -0.2) is 44.3 Å². The summed E-state index contributed by atoms with van der Waals surface area (Å²) in [6.45, 7) is 0.680. The number of nitrogens with one attached hydrogen (secondary N) is 2. The third kappa shape index (κ3) is 17.4. The van der Waals surface area contributed by atoms with Crippen molar-refractivity contribution in [1.82, 2.24) is 35.1 Å². The molecule has 0 bridgehead atoms. The molecule has 3 heterocycles. The SMILES string of the molecule is C.C.C.N=C(CCCN)CS(=O)(=O)c1ccccc1.NC(=NCCCc1nonc1/C(Cc1ccc(F)c(Br)c1)=N/O)NS(=O)(=O)c1ccccc1.O=c1onc(-c2nonc2[N+](=O)[O-])n1-c1ccc(F)c(Br)c1. The number of oxime groups is 1. The maximum Gasteiger partial charge on any atom is 0.446 e. The summed E-state index contributed by atoms with van der Waals surface area (Å²) < 4.78 is 91.9. The average molecular weight is 1200 g/mol. The van der Waals surface area contributed by atoms with E-state index in [1.807, 2.05) is 0 Å². The maximum absolute atomic E-state index is 13.4. The van der Waals surface area contributed by atoms with E-state index in [1.165, 1.54) is 30.3 Å². The second kappa shape index (κ2) is 29.3. The Kier molecular flexibility index (Phi) is 24.9. The van der Waals surface area contributed by atoms with Gasteiger partial charge in [0.15, 0.2) is 20.7 Å². The topological polar surface area (TPSA) is 370 Å². The zero-order valence-electron chi connectivity index (χ0n) is 36.4. The number of guanidine groups is 1. The predicted octanol–water partition coefficient (Wildman–Crippen LogP) is 7.43. The highest BCUT2D eigenvalue weighted by molar-refractivity contribution is 9.10. The van der Waals surface area contributed by atoms with Crippen molar-refractivity contribution in [2.45, 2.75) is 64.2 Å². The van der Waals surface area contributed by atoms with Gasteiger partial charge in [-0.05, 0) is 139 Å². The van der Waals surface area contributed by atoms with Crippen molar-refractivity contribution in [3.63, 3.8) is 0 Å². The van der Waals surface area contributed by atoms with Crippen LogP contribution in [-0.2, 0) is 32.7 Å². The van der Waals surface area contributed by atoms with E-state index < -0.39 is 53.7 Å². The van der Waals surface area contributed by atoms with E-state index in [0.29, 0.717) is 43.5 Å². The van der Waals surface area contributed by atoms with Crippen molar-refractivity contribution in [3.05, 3.63) is 155 Å². The van der Waals surface area contributed by atoms with E-state index in [-0.39, 0.29) is 94.3 Å². The smallest absolute Gasteiger partial charge is 0.411 e. The summed E-state index contributed by atoms with van der Waals surface area (Å²) in [5.74, 6) is -3.38. The lowest BCUT2D eigenvalue weighted by molar-refractivity contribution is -0.390.